The summed E-state index contributed by atoms with van der Waals surface area (Å²) in [6, 6.07) is 7.67. The van der Waals surface area contributed by atoms with Crippen LogP contribution in [0.4, 0.5) is 32.3 Å². The van der Waals surface area contributed by atoms with E-state index in [1.807, 2.05) is 12.1 Å². The van der Waals surface area contributed by atoms with Crippen molar-refractivity contribution in [3.63, 3.8) is 0 Å². The number of ether oxygens (including phenoxy) is 1. The van der Waals surface area contributed by atoms with Crippen LogP contribution < -0.4 is 9.64 Å². The SMILES string of the molecule is COc1ccc(C(C)C)cc1C1=C(CN(Cc2cc(C(F)(F)F)cc(C(F)(F)F)c2)c2nnn(C)n2)CC(C)(C)CC1. The molecule has 12 heteroatoms. The molecule has 1 aliphatic rings. The van der Waals surface area contributed by atoms with Crippen LogP contribution in [0.15, 0.2) is 42.0 Å². The van der Waals surface area contributed by atoms with Crippen LogP contribution in [-0.4, -0.2) is 33.9 Å². The molecule has 0 aliphatic heterocycles. The number of rotatable bonds is 8. The van der Waals surface area contributed by atoms with E-state index in [4.69, 9.17) is 4.74 Å². The third-order valence-electron chi connectivity index (χ3n) is 7.57. The molecular formula is C30H35F6N5O. The molecule has 1 heterocycles. The van der Waals surface area contributed by atoms with Crippen molar-refractivity contribution in [2.45, 2.75) is 71.8 Å². The number of halogens is 6. The van der Waals surface area contributed by atoms with Gasteiger partial charge in [-0.3, -0.25) is 0 Å². The van der Waals surface area contributed by atoms with Gasteiger partial charge in [0, 0.05) is 18.7 Å². The summed E-state index contributed by atoms with van der Waals surface area (Å²) >= 11 is 0. The predicted molar refractivity (Wildman–Crippen MR) is 148 cm³/mol. The number of methoxy groups -OCH3 is 1. The lowest BCUT2D eigenvalue weighted by Crippen LogP contribution is -2.31. The molecule has 1 aliphatic carbocycles. The van der Waals surface area contributed by atoms with Gasteiger partial charge in [-0.05, 0) is 88.4 Å². The molecule has 0 amide bonds. The van der Waals surface area contributed by atoms with Gasteiger partial charge < -0.3 is 9.64 Å². The van der Waals surface area contributed by atoms with Gasteiger partial charge in [0.25, 0.3) is 5.95 Å². The van der Waals surface area contributed by atoms with Crippen molar-refractivity contribution in [1.29, 1.82) is 0 Å². The first-order valence-electron chi connectivity index (χ1n) is 13.6. The minimum atomic E-state index is -4.95. The van der Waals surface area contributed by atoms with Crippen LogP contribution in [0.1, 0.15) is 80.7 Å². The highest BCUT2D eigenvalue weighted by Crippen LogP contribution is 2.45. The van der Waals surface area contributed by atoms with Gasteiger partial charge in [0.15, 0.2) is 0 Å². The molecule has 0 atom stereocenters. The molecule has 0 saturated carbocycles. The number of aryl methyl sites for hydroxylation is 1. The van der Waals surface area contributed by atoms with Crippen molar-refractivity contribution in [1.82, 2.24) is 20.2 Å². The topological polar surface area (TPSA) is 56.1 Å². The average molecular weight is 596 g/mol. The third-order valence-corrected chi connectivity index (χ3v) is 7.57. The van der Waals surface area contributed by atoms with Crippen LogP contribution in [0.5, 0.6) is 5.75 Å². The predicted octanol–water partition coefficient (Wildman–Crippen LogP) is 8.05. The first-order valence-corrected chi connectivity index (χ1v) is 13.6. The third kappa shape index (κ3) is 7.25. The summed E-state index contributed by atoms with van der Waals surface area (Å²) in [5, 5.41) is 12.2. The molecule has 228 valence electrons. The smallest absolute Gasteiger partial charge is 0.416 e. The van der Waals surface area contributed by atoms with E-state index < -0.39 is 23.5 Å². The number of nitrogens with zero attached hydrogens (tertiary/aromatic N) is 5. The molecule has 0 bridgehead atoms. The number of allylic oxidation sites excluding steroid dienone is 1. The van der Waals surface area contributed by atoms with Gasteiger partial charge in [-0.1, -0.05) is 38.9 Å². The van der Waals surface area contributed by atoms with Gasteiger partial charge in [-0.2, -0.15) is 31.1 Å². The summed E-state index contributed by atoms with van der Waals surface area (Å²) in [5.41, 5.74) is 1.10. The van der Waals surface area contributed by atoms with Gasteiger partial charge in [0.05, 0.1) is 25.3 Å². The highest BCUT2D eigenvalue weighted by Gasteiger charge is 2.37. The van der Waals surface area contributed by atoms with E-state index >= 15 is 0 Å². The zero-order chi connectivity index (χ0) is 31.0. The second-order valence-electron chi connectivity index (χ2n) is 11.9. The van der Waals surface area contributed by atoms with Crippen LogP contribution in [0.3, 0.4) is 0 Å². The Morgan fingerprint density at radius 3 is 2.14 bits per heavy atom. The Morgan fingerprint density at radius 2 is 1.62 bits per heavy atom. The fourth-order valence-electron chi connectivity index (χ4n) is 5.37. The normalized spacial score (nSPS) is 15.8. The van der Waals surface area contributed by atoms with Crippen molar-refractivity contribution in [2.75, 3.05) is 18.6 Å². The lowest BCUT2D eigenvalue weighted by molar-refractivity contribution is -0.143. The molecule has 0 saturated heterocycles. The largest absolute Gasteiger partial charge is 0.496 e. The van der Waals surface area contributed by atoms with Crippen molar-refractivity contribution in [3.05, 3.63) is 69.8 Å². The Bertz CT molecular complexity index is 1420. The summed E-state index contributed by atoms with van der Waals surface area (Å²) in [4.78, 5) is 2.78. The Labute approximate surface area is 241 Å². The number of benzene rings is 2. The highest BCUT2D eigenvalue weighted by atomic mass is 19.4. The summed E-state index contributed by atoms with van der Waals surface area (Å²) < 4.78 is 87.4. The lowest BCUT2D eigenvalue weighted by Gasteiger charge is -2.36. The molecule has 42 heavy (non-hydrogen) atoms. The van der Waals surface area contributed by atoms with Crippen LogP contribution in [-0.2, 0) is 25.9 Å². The summed E-state index contributed by atoms with van der Waals surface area (Å²) in [6.45, 7) is 8.35. The Balaban J connectivity index is 1.84. The zero-order valence-electron chi connectivity index (χ0n) is 24.5. The monoisotopic (exact) mass is 595 g/mol. The Kier molecular flexibility index (Phi) is 8.67. The van der Waals surface area contributed by atoms with E-state index in [1.54, 1.807) is 12.0 Å². The maximum Gasteiger partial charge on any atom is 0.416 e. The van der Waals surface area contributed by atoms with Crippen molar-refractivity contribution < 1.29 is 31.1 Å². The Hall–Kier alpha value is -3.57. The maximum absolute atomic E-state index is 13.6. The van der Waals surface area contributed by atoms with E-state index in [9.17, 15) is 26.3 Å². The Morgan fingerprint density at radius 1 is 0.976 bits per heavy atom. The molecule has 0 spiro atoms. The van der Waals surface area contributed by atoms with Crippen molar-refractivity contribution in [3.8, 4) is 5.75 Å². The first-order chi connectivity index (χ1) is 19.5. The summed E-state index contributed by atoms with van der Waals surface area (Å²) in [7, 11) is 3.14. The van der Waals surface area contributed by atoms with E-state index in [0.29, 0.717) is 12.2 Å². The second kappa shape index (κ2) is 11.6. The zero-order valence-corrected chi connectivity index (χ0v) is 24.5. The standard InChI is InChI=1S/C30H35F6N5O/c1-18(2)20-7-8-26(42-6)25(13-20)24-9-10-28(3,4)15-21(24)17-41(27-37-39-40(5)38-27)16-19-11-22(29(31,32)33)14-23(12-19)30(34,35)36/h7-8,11-14,18H,9-10,15-17H2,1-6H3. The first kappa shape index (κ1) is 31.4. The molecule has 2 aromatic carbocycles. The maximum atomic E-state index is 13.6. The highest BCUT2D eigenvalue weighted by molar-refractivity contribution is 5.75. The molecule has 0 radical (unpaired) electrons. The van der Waals surface area contributed by atoms with Gasteiger partial charge >= 0.3 is 12.4 Å². The number of anilines is 1. The molecule has 0 unspecified atom stereocenters. The van der Waals surface area contributed by atoms with Gasteiger partial charge in [0.1, 0.15) is 5.75 Å². The number of tetrazole rings is 1. The van der Waals surface area contributed by atoms with E-state index in [1.165, 1.54) is 11.8 Å². The van der Waals surface area contributed by atoms with Gasteiger partial charge in [-0.15, -0.1) is 5.10 Å². The summed E-state index contributed by atoms with van der Waals surface area (Å²) in [5.74, 6) is 1.06. The van der Waals surface area contributed by atoms with Crippen LogP contribution >= 0.6 is 0 Å². The van der Waals surface area contributed by atoms with Crippen LogP contribution in [0.25, 0.3) is 5.57 Å². The summed E-state index contributed by atoms with van der Waals surface area (Å²) in [6.07, 6.45) is -7.62. The molecule has 6 nitrogen and oxygen atoms in total. The minimum absolute atomic E-state index is 0.0805. The van der Waals surface area contributed by atoms with E-state index in [-0.39, 0.29) is 42.0 Å². The van der Waals surface area contributed by atoms with Crippen LogP contribution in [0, 0.1) is 5.41 Å². The fourth-order valence-corrected chi connectivity index (χ4v) is 5.37. The number of hydrogen-bond donors (Lipinski definition) is 0. The van der Waals surface area contributed by atoms with Crippen LogP contribution in [0.2, 0.25) is 0 Å². The molecule has 4 rings (SSSR count). The molecule has 3 aromatic rings. The number of aromatic nitrogens is 4. The van der Waals surface area contributed by atoms with Crippen molar-refractivity contribution in [2.24, 2.45) is 12.5 Å². The second-order valence-corrected chi connectivity index (χ2v) is 11.9. The minimum Gasteiger partial charge on any atom is -0.496 e. The van der Waals surface area contributed by atoms with Gasteiger partial charge in [0.2, 0.25) is 0 Å². The quantitative estimate of drug-likeness (QED) is 0.247. The van der Waals surface area contributed by atoms with E-state index in [2.05, 4.69) is 49.2 Å². The average Bonchev–Trinajstić information content (AvgIpc) is 3.32. The molecule has 1 aromatic heterocycles. The molecule has 0 N–H and O–H groups in total. The lowest BCUT2D eigenvalue weighted by atomic mass is 9.72. The van der Waals surface area contributed by atoms with Gasteiger partial charge in [-0.25, -0.2) is 0 Å². The number of hydrogen-bond acceptors (Lipinski definition) is 5. The van der Waals surface area contributed by atoms with E-state index in [0.717, 1.165) is 47.2 Å². The molecular weight excluding hydrogens is 560 g/mol. The molecule has 0 fully saturated rings. The fraction of sp³-hybridized carbons (Fsp3) is 0.500. The van der Waals surface area contributed by atoms with Crippen molar-refractivity contribution >= 4 is 11.5 Å². The number of alkyl halides is 6.